The molecule has 0 spiro atoms. The summed E-state index contributed by atoms with van der Waals surface area (Å²) in [4.78, 5) is 30.8. The van der Waals surface area contributed by atoms with Crippen molar-refractivity contribution in [1.82, 2.24) is 20.0 Å². The molecule has 0 radical (unpaired) electrons. The first-order valence-corrected chi connectivity index (χ1v) is 8.50. The number of carbonyl (C=O) groups excluding carboxylic acids is 2. The lowest BCUT2D eigenvalue weighted by Gasteiger charge is -2.27. The van der Waals surface area contributed by atoms with Crippen LogP contribution in [0.3, 0.4) is 0 Å². The number of hydrogen-bond acceptors (Lipinski definition) is 4. The van der Waals surface area contributed by atoms with Gasteiger partial charge in [-0.2, -0.15) is 0 Å². The third-order valence-corrected chi connectivity index (χ3v) is 5.22. The summed E-state index contributed by atoms with van der Waals surface area (Å²) in [5, 5.41) is 3.60. The summed E-state index contributed by atoms with van der Waals surface area (Å²) in [7, 11) is 4.00. The van der Waals surface area contributed by atoms with Crippen LogP contribution in [0.4, 0.5) is 0 Å². The fourth-order valence-electron chi connectivity index (χ4n) is 3.88. The van der Waals surface area contributed by atoms with Crippen molar-refractivity contribution < 1.29 is 9.59 Å². The smallest absolute Gasteiger partial charge is 0.228 e. The molecule has 6 heteroatoms. The quantitative estimate of drug-likeness (QED) is 0.778. The van der Waals surface area contributed by atoms with Crippen LogP contribution in [-0.4, -0.2) is 85.4 Å². The van der Waals surface area contributed by atoms with Crippen LogP contribution in [-0.2, 0) is 9.59 Å². The second-order valence-corrected chi connectivity index (χ2v) is 7.25. The van der Waals surface area contributed by atoms with Gasteiger partial charge in [-0.15, -0.1) is 0 Å². The standard InChI is InChI=1S/C16H28N4O2/c1-18(2)7-8-19-10-12(9-15(19)21)16(22)20-6-5-13-3-4-14(11-20)17-13/h12-14,17H,3-11H2,1-2H3. The molecule has 3 atom stereocenters. The normalized spacial score (nSPS) is 32.0. The van der Waals surface area contributed by atoms with Gasteiger partial charge < -0.3 is 20.0 Å². The van der Waals surface area contributed by atoms with Crippen LogP contribution in [0.1, 0.15) is 25.7 Å². The van der Waals surface area contributed by atoms with Gasteiger partial charge >= 0.3 is 0 Å². The van der Waals surface area contributed by atoms with Crippen molar-refractivity contribution in [3.05, 3.63) is 0 Å². The molecular formula is C16H28N4O2. The third-order valence-electron chi connectivity index (χ3n) is 5.22. The summed E-state index contributed by atoms with van der Waals surface area (Å²) in [6, 6.07) is 1.04. The van der Waals surface area contributed by atoms with Crippen LogP contribution in [0.25, 0.3) is 0 Å². The minimum Gasteiger partial charge on any atom is -0.341 e. The molecule has 2 bridgehead atoms. The minimum atomic E-state index is -0.133. The van der Waals surface area contributed by atoms with E-state index in [0.29, 0.717) is 25.0 Å². The lowest BCUT2D eigenvalue weighted by Crippen LogP contribution is -2.43. The van der Waals surface area contributed by atoms with E-state index in [2.05, 4.69) is 10.2 Å². The van der Waals surface area contributed by atoms with Crippen molar-refractivity contribution in [2.45, 2.75) is 37.8 Å². The van der Waals surface area contributed by atoms with Crippen LogP contribution < -0.4 is 5.32 Å². The molecule has 3 saturated heterocycles. The lowest BCUT2D eigenvalue weighted by atomic mass is 10.0. The first-order valence-electron chi connectivity index (χ1n) is 8.50. The van der Waals surface area contributed by atoms with Crippen molar-refractivity contribution >= 4 is 11.8 Å². The molecule has 22 heavy (non-hydrogen) atoms. The number of rotatable bonds is 4. The SMILES string of the molecule is CN(C)CCN1CC(C(=O)N2CCC3CCC(C2)N3)CC1=O. The van der Waals surface area contributed by atoms with Gasteiger partial charge in [0.15, 0.2) is 0 Å². The highest BCUT2D eigenvalue weighted by Crippen LogP contribution is 2.24. The Balaban J connectivity index is 1.55. The molecule has 0 aromatic heterocycles. The zero-order valence-corrected chi connectivity index (χ0v) is 13.8. The molecule has 3 heterocycles. The number of fused-ring (bicyclic) bond motifs is 2. The van der Waals surface area contributed by atoms with E-state index in [1.54, 1.807) is 0 Å². The van der Waals surface area contributed by atoms with E-state index in [9.17, 15) is 9.59 Å². The van der Waals surface area contributed by atoms with Gasteiger partial charge in [0.2, 0.25) is 11.8 Å². The van der Waals surface area contributed by atoms with Crippen molar-refractivity contribution in [2.24, 2.45) is 5.92 Å². The van der Waals surface area contributed by atoms with E-state index in [0.717, 1.165) is 32.6 Å². The Morgan fingerprint density at radius 2 is 2.00 bits per heavy atom. The molecule has 0 aliphatic carbocycles. The maximum absolute atomic E-state index is 12.8. The molecule has 3 rings (SSSR count). The number of likely N-dealkylation sites (tertiary alicyclic amines) is 2. The molecule has 2 amide bonds. The van der Waals surface area contributed by atoms with Gasteiger partial charge in [-0.1, -0.05) is 0 Å². The van der Waals surface area contributed by atoms with Gasteiger partial charge in [-0.05, 0) is 33.4 Å². The summed E-state index contributed by atoms with van der Waals surface area (Å²) in [5.41, 5.74) is 0. The first-order chi connectivity index (χ1) is 10.5. The molecule has 0 aromatic rings. The average Bonchev–Trinajstić information content (AvgIpc) is 2.99. The van der Waals surface area contributed by atoms with Gasteiger partial charge in [0.05, 0.1) is 5.92 Å². The zero-order chi connectivity index (χ0) is 15.7. The highest BCUT2D eigenvalue weighted by atomic mass is 16.2. The van der Waals surface area contributed by atoms with E-state index in [1.165, 1.54) is 12.8 Å². The first kappa shape index (κ1) is 15.7. The van der Waals surface area contributed by atoms with Gasteiger partial charge in [-0.25, -0.2) is 0 Å². The molecule has 124 valence electrons. The van der Waals surface area contributed by atoms with E-state index < -0.39 is 0 Å². The fraction of sp³-hybridized carbons (Fsp3) is 0.875. The monoisotopic (exact) mass is 308 g/mol. The van der Waals surface area contributed by atoms with Gasteiger partial charge in [0.1, 0.15) is 0 Å². The molecular weight excluding hydrogens is 280 g/mol. The topological polar surface area (TPSA) is 55.9 Å². The van der Waals surface area contributed by atoms with Crippen molar-refractivity contribution in [2.75, 3.05) is 46.8 Å². The van der Waals surface area contributed by atoms with E-state index >= 15 is 0 Å². The number of hydrogen-bond donors (Lipinski definition) is 1. The predicted octanol–water partition coefficient (Wildman–Crippen LogP) is -0.251. The number of nitrogens with zero attached hydrogens (tertiary/aromatic N) is 3. The van der Waals surface area contributed by atoms with E-state index in [1.807, 2.05) is 23.9 Å². The van der Waals surface area contributed by atoms with E-state index in [4.69, 9.17) is 0 Å². The highest BCUT2D eigenvalue weighted by Gasteiger charge is 2.38. The molecule has 3 unspecified atom stereocenters. The van der Waals surface area contributed by atoms with Crippen LogP contribution in [0, 0.1) is 5.92 Å². The van der Waals surface area contributed by atoms with E-state index in [-0.39, 0.29) is 17.7 Å². The van der Waals surface area contributed by atoms with Crippen LogP contribution >= 0.6 is 0 Å². The van der Waals surface area contributed by atoms with Crippen LogP contribution in [0.15, 0.2) is 0 Å². The number of nitrogens with one attached hydrogen (secondary N) is 1. The van der Waals surface area contributed by atoms with Crippen molar-refractivity contribution in [3.8, 4) is 0 Å². The summed E-state index contributed by atoms with van der Waals surface area (Å²) in [6.45, 7) is 3.84. The lowest BCUT2D eigenvalue weighted by molar-refractivity contribution is -0.136. The molecule has 0 aromatic carbocycles. The Bertz CT molecular complexity index is 440. The Hall–Kier alpha value is -1.14. The molecule has 1 N–H and O–H groups in total. The van der Waals surface area contributed by atoms with Crippen molar-refractivity contribution in [3.63, 3.8) is 0 Å². The fourth-order valence-corrected chi connectivity index (χ4v) is 3.88. The van der Waals surface area contributed by atoms with Crippen molar-refractivity contribution in [1.29, 1.82) is 0 Å². The molecule has 0 saturated carbocycles. The Morgan fingerprint density at radius 3 is 2.77 bits per heavy atom. The molecule has 3 aliphatic heterocycles. The van der Waals surface area contributed by atoms with Gasteiger partial charge in [-0.3, -0.25) is 9.59 Å². The number of likely N-dealkylation sites (N-methyl/N-ethyl adjacent to an activating group) is 1. The summed E-state index contributed by atoms with van der Waals surface area (Å²) in [5.74, 6) is 0.191. The Morgan fingerprint density at radius 1 is 1.23 bits per heavy atom. The zero-order valence-electron chi connectivity index (χ0n) is 13.8. The maximum Gasteiger partial charge on any atom is 0.228 e. The average molecular weight is 308 g/mol. The van der Waals surface area contributed by atoms with Crippen LogP contribution in [0.5, 0.6) is 0 Å². The largest absolute Gasteiger partial charge is 0.341 e. The second-order valence-electron chi connectivity index (χ2n) is 7.25. The van der Waals surface area contributed by atoms with Crippen LogP contribution in [0.2, 0.25) is 0 Å². The third kappa shape index (κ3) is 3.43. The minimum absolute atomic E-state index is 0.133. The Kier molecular flexibility index (Phi) is 4.68. The summed E-state index contributed by atoms with van der Waals surface area (Å²) in [6.07, 6.45) is 3.86. The molecule has 6 nitrogen and oxygen atoms in total. The molecule has 3 fully saturated rings. The summed E-state index contributed by atoms with van der Waals surface area (Å²) >= 11 is 0. The second kappa shape index (κ2) is 6.54. The molecule has 3 aliphatic rings. The highest BCUT2D eigenvalue weighted by molar-refractivity contribution is 5.89. The number of carbonyl (C=O) groups is 2. The maximum atomic E-state index is 12.8. The van der Waals surface area contributed by atoms with Gasteiger partial charge in [0.25, 0.3) is 0 Å². The number of amides is 2. The summed E-state index contributed by atoms with van der Waals surface area (Å²) < 4.78 is 0. The van der Waals surface area contributed by atoms with Gasteiger partial charge in [0, 0.05) is 51.2 Å². The Labute approximate surface area is 132 Å². The predicted molar refractivity (Wildman–Crippen MR) is 84.4 cm³/mol.